The highest BCUT2D eigenvalue weighted by molar-refractivity contribution is 6.34. The molecular formula is C18H20Cl2N2O2. The van der Waals surface area contributed by atoms with Gasteiger partial charge in [-0.05, 0) is 63.1 Å². The van der Waals surface area contributed by atoms with Gasteiger partial charge in [0.25, 0.3) is 0 Å². The smallest absolute Gasteiger partial charge is 0.161 e. The first-order chi connectivity index (χ1) is 11.0. The normalized spacial score (nSPS) is 9.92. The number of Topliss-reactive ketones (excluding diaryl/α,β-unsaturated/α-hetero) is 2. The van der Waals surface area contributed by atoms with Gasteiger partial charge in [-0.2, -0.15) is 0 Å². The fourth-order valence-corrected chi connectivity index (χ4v) is 3.25. The summed E-state index contributed by atoms with van der Waals surface area (Å²) in [7, 11) is 0. The summed E-state index contributed by atoms with van der Waals surface area (Å²) >= 11 is 11.7. The molecule has 0 unspecified atom stereocenters. The van der Waals surface area contributed by atoms with Crippen LogP contribution in [-0.4, -0.2) is 11.6 Å². The van der Waals surface area contributed by atoms with Gasteiger partial charge in [0, 0.05) is 22.5 Å². The molecule has 0 fully saturated rings. The minimum atomic E-state index is -0.0301. The van der Waals surface area contributed by atoms with Crippen LogP contribution in [0.3, 0.4) is 0 Å². The predicted octanol–water partition coefficient (Wildman–Crippen LogP) is 4.87. The Bertz CT molecular complexity index is 688. The Balaban J connectivity index is 0.000000240. The maximum atomic E-state index is 11.1. The summed E-state index contributed by atoms with van der Waals surface area (Å²) in [5, 5.41) is 0.861. The first-order valence-electron chi connectivity index (χ1n) is 7.17. The number of benzene rings is 2. The summed E-state index contributed by atoms with van der Waals surface area (Å²) in [6, 6.07) is 6.65. The first-order valence-corrected chi connectivity index (χ1v) is 7.93. The Hall–Kier alpha value is -2.04. The molecule has 2 rings (SSSR count). The Morgan fingerprint density at radius 2 is 1.04 bits per heavy atom. The van der Waals surface area contributed by atoms with Crippen LogP contribution in [0.25, 0.3) is 0 Å². The minimum Gasteiger partial charge on any atom is -0.399 e. The molecule has 0 atom stereocenters. The maximum Gasteiger partial charge on any atom is 0.161 e. The molecule has 0 bridgehead atoms. The summed E-state index contributed by atoms with van der Waals surface area (Å²) in [6.07, 6.45) is 0. The van der Waals surface area contributed by atoms with E-state index in [1.54, 1.807) is 24.3 Å². The summed E-state index contributed by atoms with van der Waals surface area (Å²) in [6.45, 7) is 6.62. The van der Waals surface area contributed by atoms with Crippen molar-refractivity contribution in [2.45, 2.75) is 27.7 Å². The Morgan fingerprint density at radius 3 is 1.25 bits per heavy atom. The van der Waals surface area contributed by atoms with Crippen LogP contribution in [0.2, 0.25) is 10.0 Å². The molecule has 24 heavy (non-hydrogen) atoms. The van der Waals surface area contributed by atoms with Crippen molar-refractivity contribution in [3.8, 4) is 0 Å². The monoisotopic (exact) mass is 366 g/mol. The standard InChI is InChI=1S/2C9H10ClNO/c2*1-5-3-7(11)4-8(10)9(5)6(2)12/h2*3-4H,11H2,1-2H3. The van der Waals surface area contributed by atoms with Crippen LogP contribution in [0.4, 0.5) is 11.4 Å². The van der Waals surface area contributed by atoms with E-state index >= 15 is 0 Å². The van der Waals surface area contributed by atoms with Crippen LogP contribution >= 0.6 is 23.2 Å². The van der Waals surface area contributed by atoms with E-state index in [1.165, 1.54) is 13.8 Å². The van der Waals surface area contributed by atoms with Crippen molar-refractivity contribution >= 4 is 46.1 Å². The molecule has 0 aromatic heterocycles. The van der Waals surface area contributed by atoms with Crippen molar-refractivity contribution in [3.63, 3.8) is 0 Å². The van der Waals surface area contributed by atoms with Gasteiger partial charge in [-0.25, -0.2) is 0 Å². The minimum absolute atomic E-state index is 0.0301. The molecule has 128 valence electrons. The number of aryl methyl sites for hydroxylation is 2. The van der Waals surface area contributed by atoms with E-state index in [-0.39, 0.29) is 11.6 Å². The number of nitrogen functional groups attached to an aromatic ring is 2. The zero-order chi connectivity index (χ0) is 18.6. The average molecular weight is 367 g/mol. The largest absolute Gasteiger partial charge is 0.399 e. The summed E-state index contributed by atoms with van der Waals surface area (Å²) < 4.78 is 0. The van der Waals surface area contributed by atoms with Gasteiger partial charge >= 0.3 is 0 Å². The number of carbonyl (C=O) groups is 2. The van der Waals surface area contributed by atoms with Crippen molar-refractivity contribution in [2.75, 3.05) is 11.5 Å². The highest BCUT2D eigenvalue weighted by Gasteiger charge is 2.10. The molecule has 0 saturated heterocycles. The van der Waals surface area contributed by atoms with E-state index in [4.69, 9.17) is 34.7 Å². The molecule has 0 aliphatic rings. The van der Waals surface area contributed by atoms with Crippen LogP contribution in [-0.2, 0) is 0 Å². The van der Waals surface area contributed by atoms with Crippen molar-refractivity contribution < 1.29 is 9.59 Å². The Kier molecular flexibility index (Phi) is 6.81. The molecule has 6 heteroatoms. The number of anilines is 2. The molecule has 0 amide bonds. The number of nitrogens with two attached hydrogens (primary N) is 2. The van der Waals surface area contributed by atoms with Crippen molar-refractivity contribution in [2.24, 2.45) is 0 Å². The van der Waals surface area contributed by atoms with Crippen LogP contribution in [0.1, 0.15) is 45.7 Å². The lowest BCUT2D eigenvalue weighted by Gasteiger charge is -2.05. The van der Waals surface area contributed by atoms with Gasteiger partial charge in [-0.3, -0.25) is 9.59 Å². The van der Waals surface area contributed by atoms with E-state index in [2.05, 4.69) is 0 Å². The molecule has 4 N–H and O–H groups in total. The number of halogens is 2. The Labute approximate surface area is 151 Å². The molecule has 2 aromatic rings. The number of ketones is 2. The van der Waals surface area contributed by atoms with E-state index in [1.807, 2.05) is 13.8 Å². The molecule has 0 radical (unpaired) electrons. The zero-order valence-electron chi connectivity index (χ0n) is 14.0. The molecule has 0 spiro atoms. The molecule has 2 aromatic carbocycles. The third-order valence-electron chi connectivity index (χ3n) is 3.32. The Morgan fingerprint density at radius 1 is 0.750 bits per heavy atom. The fourth-order valence-electron chi connectivity index (χ4n) is 2.43. The van der Waals surface area contributed by atoms with Gasteiger partial charge < -0.3 is 11.5 Å². The average Bonchev–Trinajstić information content (AvgIpc) is 2.35. The second-order valence-corrected chi connectivity index (χ2v) is 6.32. The lowest BCUT2D eigenvalue weighted by Crippen LogP contribution is -1.99. The SMILES string of the molecule is CC(=O)c1c(C)cc(N)cc1Cl.CC(=O)c1c(C)cc(N)cc1Cl. The third-order valence-corrected chi connectivity index (χ3v) is 3.92. The molecule has 0 aliphatic heterocycles. The van der Waals surface area contributed by atoms with Crippen molar-refractivity contribution in [1.82, 2.24) is 0 Å². The van der Waals surface area contributed by atoms with E-state index in [0.717, 1.165) is 11.1 Å². The van der Waals surface area contributed by atoms with Crippen LogP contribution in [0, 0.1) is 13.8 Å². The quantitative estimate of drug-likeness (QED) is 0.586. The van der Waals surface area contributed by atoms with Gasteiger partial charge in [-0.1, -0.05) is 23.2 Å². The highest BCUT2D eigenvalue weighted by Crippen LogP contribution is 2.24. The lowest BCUT2D eigenvalue weighted by atomic mass is 10.1. The maximum absolute atomic E-state index is 11.1. The summed E-state index contributed by atoms with van der Waals surface area (Å²) in [5.74, 6) is -0.0602. The fraction of sp³-hybridized carbons (Fsp3) is 0.222. The van der Waals surface area contributed by atoms with Gasteiger partial charge in [0.05, 0.1) is 10.0 Å². The topological polar surface area (TPSA) is 86.2 Å². The number of rotatable bonds is 2. The third kappa shape index (κ3) is 4.98. The highest BCUT2D eigenvalue weighted by atomic mass is 35.5. The first kappa shape index (κ1) is 20.0. The lowest BCUT2D eigenvalue weighted by molar-refractivity contribution is 0.100. The molecule has 0 aliphatic carbocycles. The molecule has 0 heterocycles. The van der Waals surface area contributed by atoms with Gasteiger partial charge in [-0.15, -0.1) is 0 Å². The second kappa shape index (κ2) is 8.18. The van der Waals surface area contributed by atoms with E-state index in [0.29, 0.717) is 32.5 Å². The van der Waals surface area contributed by atoms with Crippen LogP contribution in [0.5, 0.6) is 0 Å². The second-order valence-electron chi connectivity index (χ2n) is 5.50. The predicted molar refractivity (Wildman–Crippen MR) is 101 cm³/mol. The van der Waals surface area contributed by atoms with Crippen molar-refractivity contribution in [3.05, 3.63) is 56.6 Å². The zero-order valence-corrected chi connectivity index (χ0v) is 15.5. The number of carbonyl (C=O) groups excluding carboxylic acids is 2. The summed E-state index contributed by atoms with van der Waals surface area (Å²) in [5.41, 5.74) is 15.0. The summed E-state index contributed by atoms with van der Waals surface area (Å²) in [4.78, 5) is 22.1. The van der Waals surface area contributed by atoms with Gasteiger partial charge in [0.1, 0.15) is 0 Å². The number of hydrogen-bond acceptors (Lipinski definition) is 4. The molecular weight excluding hydrogens is 347 g/mol. The molecule has 4 nitrogen and oxygen atoms in total. The van der Waals surface area contributed by atoms with Gasteiger partial charge in [0.15, 0.2) is 11.6 Å². The van der Waals surface area contributed by atoms with E-state index < -0.39 is 0 Å². The molecule has 0 saturated carbocycles. The van der Waals surface area contributed by atoms with Crippen LogP contribution < -0.4 is 11.5 Å². The number of hydrogen-bond donors (Lipinski definition) is 2. The van der Waals surface area contributed by atoms with Gasteiger partial charge in [0.2, 0.25) is 0 Å². The van der Waals surface area contributed by atoms with E-state index in [9.17, 15) is 9.59 Å². The van der Waals surface area contributed by atoms with Crippen LogP contribution in [0.15, 0.2) is 24.3 Å². The van der Waals surface area contributed by atoms with Crippen molar-refractivity contribution in [1.29, 1.82) is 0 Å².